The van der Waals surface area contributed by atoms with Gasteiger partial charge in [0.1, 0.15) is 5.82 Å². The van der Waals surface area contributed by atoms with Crippen molar-refractivity contribution in [2.24, 2.45) is 0 Å². The first-order valence-electron chi connectivity index (χ1n) is 9.93. The summed E-state index contributed by atoms with van der Waals surface area (Å²) in [7, 11) is 0. The second-order valence-electron chi connectivity index (χ2n) is 6.72. The van der Waals surface area contributed by atoms with Crippen molar-refractivity contribution in [2.45, 2.75) is 27.2 Å². The minimum absolute atomic E-state index is 0.609. The van der Waals surface area contributed by atoms with Gasteiger partial charge < -0.3 is 15.5 Å². The highest BCUT2D eigenvalue weighted by atomic mass is 15.1. The van der Waals surface area contributed by atoms with E-state index in [1.165, 1.54) is 11.3 Å². The van der Waals surface area contributed by atoms with Crippen molar-refractivity contribution >= 4 is 23.1 Å². The van der Waals surface area contributed by atoms with Gasteiger partial charge in [0, 0.05) is 42.8 Å². The molecule has 2 N–H and O–H groups in total. The fourth-order valence-electron chi connectivity index (χ4n) is 3.17. The van der Waals surface area contributed by atoms with E-state index >= 15 is 0 Å². The predicted octanol–water partition coefficient (Wildman–Crippen LogP) is 5.03. The van der Waals surface area contributed by atoms with E-state index in [0.29, 0.717) is 5.95 Å². The third-order valence-corrected chi connectivity index (χ3v) is 4.67. The highest BCUT2D eigenvalue weighted by molar-refractivity contribution is 5.60. The zero-order valence-corrected chi connectivity index (χ0v) is 16.9. The maximum atomic E-state index is 4.61. The molecule has 5 heteroatoms. The second-order valence-corrected chi connectivity index (χ2v) is 6.72. The van der Waals surface area contributed by atoms with Gasteiger partial charge >= 0.3 is 0 Å². The van der Waals surface area contributed by atoms with Gasteiger partial charge in [-0.1, -0.05) is 30.3 Å². The number of hydrogen-bond donors (Lipinski definition) is 2. The van der Waals surface area contributed by atoms with Crippen LogP contribution in [0.4, 0.5) is 23.1 Å². The van der Waals surface area contributed by atoms with Crippen LogP contribution in [-0.4, -0.2) is 29.6 Å². The molecule has 5 nitrogen and oxygen atoms in total. The maximum absolute atomic E-state index is 4.61. The van der Waals surface area contributed by atoms with Gasteiger partial charge in [-0.05, 0) is 57.0 Å². The number of aryl methyl sites for hydroxylation is 1. The van der Waals surface area contributed by atoms with Gasteiger partial charge in [0.15, 0.2) is 0 Å². The lowest BCUT2D eigenvalue weighted by Crippen LogP contribution is -2.21. The quantitative estimate of drug-likeness (QED) is 0.549. The summed E-state index contributed by atoms with van der Waals surface area (Å²) in [6, 6.07) is 20.8. The van der Waals surface area contributed by atoms with Crippen LogP contribution in [0.15, 0.2) is 60.7 Å². The molecule has 0 aliphatic carbocycles. The summed E-state index contributed by atoms with van der Waals surface area (Å²) in [6.45, 7) is 9.16. The van der Waals surface area contributed by atoms with Crippen LogP contribution in [0.5, 0.6) is 0 Å². The molecule has 3 rings (SSSR count). The summed E-state index contributed by atoms with van der Waals surface area (Å²) in [5, 5.41) is 6.72. The molecule has 0 aliphatic heterocycles. The Morgan fingerprint density at radius 1 is 0.893 bits per heavy atom. The Balaban J connectivity index is 1.62. The molecule has 0 bridgehead atoms. The first kappa shape index (κ1) is 19.7. The Hall–Kier alpha value is -3.08. The molecule has 0 aliphatic rings. The van der Waals surface area contributed by atoms with E-state index in [9.17, 15) is 0 Å². The minimum Gasteiger partial charge on any atom is -0.372 e. The molecule has 3 aromatic rings. The first-order chi connectivity index (χ1) is 13.7. The van der Waals surface area contributed by atoms with Crippen molar-refractivity contribution in [1.82, 2.24) is 9.97 Å². The second kappa shape index (κ2) is 9.74. The van der Waals surface area contributed by atoms with Gasteiger partial charge in [-0.15, -0.1) is 0 Å². The molecule has 0 saturated heterocycles. The minimum atomic E-state index is 0.609. The zero-order valence-electron chi connectivity index (χ0n) is 16.9. The van der Waals surface area contributed by atoms with Gasteiger partial charge in [0.25, 0.3) is 0 Å². The molecule has 2 aromatic carbocycles. The molecule has 0 unspecified atom stereocenters. The van der Waals surface area contributed by atoms with Crippen LogP contribution in [0.1, 0.15) is 25.1 Å². The normalized spacial score (nSPS) is 10.5. The molecule has 28 heavy (non-hydrogen) atoms. The van der Waals surface area contributed by atoms with E-state index < -0.39 is 0 Å². The number of benzene rings is 2. The molecule has 0 atom stereocenters. The third-order valence-electron chi connectivity index (χ3n) is 4.67. The Bertz CT molecular complexity index is 858. The highest BCUT2D eigenvalue weighted by Crippen LogP contribution is 2.20. The fraction of sp³-hybridized carbons (Fsp3) is 0.304. The fourth-order valence-corrected chi connectivity index (χ4v) is 3.17. The molecule has 0 fully saturated rings. The van der Waals surface area contributed by atoms with Gasteiger partial charge in [-0.2, -0.15) is 4.98 Å². The van der Waals surface area contributed by atoms with Crippen LogP contribution in [0.2, 0.25) is 0 Å². The number of hydrogen-bond acceptors (Lipinski definition) is 5. The Morgan fingerprint density at radius 2 is 1.61 bits per heavy atom. The van der Waals surface area contributed by atoms with Gasteiger partial charge in [0.2, 0.25) is 5.95 Å². The van der Waals surface area contributed by atoms with E-state index in [0.717, 1.165) is 43.3 Å². The van der Waals surface area contributed by atoms with Crippen molar-refractivity contribution in [1.29, 1.82) is 0 Å². The molecule has 0 radical (unpaired) electrons. The van der Waals surface area contributed by atoms with Gasteiger partial charge in [0.05, 0.1) is 0 Å². The third kappa shape index (κ3) is 5.46. The van der Waals surface area contributed by atoms with Crippen LogP contribution in [0.3, 0.4) is 0 Å². The van der Waals surface area contributed by atoms with E-state index in [4.69, 9.17) is 0 Å². The molecule has 146 valence electrons. The van der Waals surface area contributed by atoms with E-state index in [1.54, 1.807) is 0 Å². The molecule has 1 heterocycles. The Morgan fingerprint density at radius 3 is 2.29 bits per heavy atom. The van der Waals surface area contributed by atoms with Crippen LogP contribution in [0, 0.1) is 6.92 Å². The lowest BCUT2D eigenvalue weighted by Gasteiger charge is -2.21. The number of rotatable bonds is 9. The van der Waals surface area contributed by atoms with Crippen LogP contribution >= 0.6 is 0 Å². The average molecular weight is 376 g/mol. The smallest absolute Gasteiger partial charge is 0.229 e. The largest absolute Gasteiger partial charge is 0.372 e. The summed E-state index contributed by atoms with van der Waals surface area (Å²) in [5.74, 6) is 1.45. The van der Waals surface area contributed by atoms with Crippen molar-refractivity contribution in [3.8, 4) is 0 Å². The monoisotopic (exact) mass is 375 g/mol. The van der Waals surface area contributed by atoms with E-state index in [2.05, 4.69) is 87.9 Å². The summed E-state index contributed by atoms with van der Waals surface area (Å²) < 4.78 is 0. The Labute approximate surface area is 167 Å². The average Bonchev–Trinajstić information content (AvgIpc) is 2.71. The SMILES string of the molecule is CCN(CC)c1ccc(Nc2nc(C)cc(NCCc3ccccc3)n2)cc1. The van der Waals surface area contributed by atoms with Crippen molar-refractivity contribution in [2.75, 3.05) is 35.2 Å². The first-order valence-corrected chi connectivity index (χ1v) is 9.93. The molecule has 0 saturated carbocycles. The summed E-state index contributed by atoms with van der Waals surface area (Å²) in [5.41, 5.74) is 4.45. The van der Waals surface area contributed by atoms with Crippen molar-refractivity contribution < 1.29 is 0 Å². The number of aromatic nitrogens is 2. The van der Waals surface area contributed by atoms with Crippen LogP contribution < -0.4 is 15.5 Å². The number of nitrogens with zero attached hydrogens (tertiary/aromatic N) is 3. The molecular weight excluding hydrogens is 346 g/mol. The van der Waals surface area contributed by atoms with Crippen LogP contribution in [0.25, 0.3) is 0 Å². The lowest BCUT2D eigenvalue weighted by molar-refractivity contribution is 0.866. The van der Waals surface area contributed by atoms with Crippen molar-refractivity contribution in [3.05, 3.63) is 71.9 Å². The molecule has 1 aromatic heterocycles. The highest BCUT2D eigenvalue weighted by Gasteiger charge is 2.05. The molecular formula is C23H29N5. The zero-order chi connectivity index (χ0) is 19.8. The molecule has 0 spiro atoms. The number of nitrogens with one attached hydrogen (secondary N) is 2. The topological polar surface area (TPSA) is 53.1 Å². The van der Waals surface area contributed by atoms with E-state index in [-0.39, 0.29) is 0 Å². The van der Waals surface area contributed by atoms with Gasteiger partial charge in [-0.25, -0.2) is 4.98 Å². The Kier molecular flexibility index (Phi) is 6.84. The standard InChI is InChI=1S/C23H29N5/c1-4-28(5-2)21-13-11-20(12-14-21)26-23-25-18(3)17-22(27-23)24-16-15-19-9-7-6-8-10-19/h6-14,17H,4-5,15-16H2,1-3H3,(H2,24,25,26,27). The van der Waals surface area contributed by atoms with Crippen LogP contribution in [-0.2, 0) is 6.42 Å². The molecule has 0 amide bonds. The van der Waals surface area contributed by atoms with Crippen molar-refractivity contribution in [3.63, 3.8) is 0 Å². The maximum Gasteiger partial charge on any atom is 0.229 e. The summed E-state index contributed by atoms with van der Waals surface area (Å²) in [6.07, 6.45) is 0.958. The number of anilines is 4. The summed E-state index contributed by atoms with van der Waals surface area (Å²) in [4.78, 5) is 11.4. The predicted molar refractivity (Wildman–Crippen MR) is 119 cm³/mol. The van der Waals surface area contributed by atoms with E-state index in [1.807, 2.05) is 19.1 Å². The lowest BCUT2D eigenvalue weighted by atomic mass is 10.1. The summed E-state index contributed by atoms with van der Waals surface area (Å²) >= 11 is 0. The van der Waals surface area contributed by atoms with Gasteiger partial charge in [-0.3, -0.25) is 0 Å².